The minimum atomic E-state index is -0.0785. The van der Waals surface area contributed by atoms with Gasteiger partial charge >= 0.3 is 0 Å². The molecule has 1 fully saturated rings. The fourth-order valence-electron chi connectivity index (χ4n) is 1.94. The number of amides is 1. The number of thioether (sulfide) groups is 1. The van der Waals surface area contributed by atoms with Crippen LogP contribution >= 0.6 is 23.4 Å². The molecule has 0 radical (unpaired) electrons. The molecular weight excluding hydrogens is 308 g/mol. The number of rotatable bonds is 5. The molecule has 1 N–H and O–H groups in total. The molecule has 1 saturated carbocycles. The molecule has 5 nitrogen and oxygen atoms in total. The van der Waals surface area contributed by atoms with Crippen LogP contribution in [0.15, 0.2) is 29.7 Å². The van der Waals surface area contributed by atoms with Crippen molar-refractivity contribution in [3.8, 4) is 0 Å². The molecule has 1 aliphatic carbocycles. The molecule has 2 aromatic rings. The summed E-state index contributed by atoms with van der Waals surface area (Å²) in [5.41, 5.74) is 1.70. The van der Waals surface area contributed by atoms with Crippen LogP contribution in [0.2, 0.25) is 5.02 Å². The number of anilines is 1. The van der Waals surface area contributed by atoms with Crippen LogP contribution in [0.25, 0.3) is 0 Å². The van der Waals surface area contributed by atoms with Crippen molar-refractivity contribution in [2.24, 2.45) is 0 Å². The van der Waals surface area contributed by atoms with E-state index in [2.05, 4.69) is 15.5 Å². The zero-order valence-corrected chi connectivity index (χ0v) is 13.1. The lowest BCUT2D eigenvalue weighted by atomic mass is 10.2. The third kappa shape index (κ3) is 3.57. The number of hydrogen-bond acceptors (Lipinski definition) is 4. The summed E-state index contributed by atoms with van der Waals surface area (Å²) < 4.78 is 2.04. The van der Waals surface area contributed by atoms with Crippen LogP contribution in [0.4, 0.5) is 5.69 Å². The van der Waals surface area contributed by atoms with Crippen LogP contribution in [0, 0.1) is 6.92 Å². The molecule has 1 aliphatic rings. The maximum Gasteiger partial charge on any atom is 0.234 e. The van der Waals surface area contributed by atoms with Crippen molar-refractivity contribution in [2.45, 2.75) is 31.0 Å². The number of aromatic nitrogens is 3. The molecule has 1 aromatic heterocycles. The number of carbonyl (C=O) groups is 1. The van der Waals surface area contributed by atoms with Gasteiger partial charge in [-0.15, -0.1) is 10.2 Å². The zero-order chi connectivity index (χ0) is 14.8. The SMILES string of the molecule is Cc1ccc(NC(=O)CSc2nncn2C2CC2)cc1Cl. The standard InChI is InChI=1S/C14H15ClN4OS/c1-9-2-3-10(6-12(9)15)17-13(20)7-21-14-18-16-8-19(14)11-4-5-11/h2-3,6,8,11H,4-5,7H2,1H3,(H,17,20). The monoisotopic (exact) mass is 322 g/mol. The van der Waals surface area contributed by atoms with Crippen molar-refractivity contribution in [1.29, 1.82) is 0 Å². The van der Waals surface area contributed by atoms with Crippen molar-refractivity contribution in [1.82, 2.24) is 14.8 Å². The average molecular weight is 323 g/mol. The first-order valence-corrected chi connectivity index (χ1v) is 8.08. The molecule has 0 bridgehead atoms. The Hall–Kier alpha value is -1.53. The van der Waals surface area contributed by atoms with Gasteiger partial charge in [0.1, 0.15) is 6.33 Å². The number of nitrogens with one attached hydrogen (secondary N) is 1. The molecule has 1 amide bonds. The molecule has 21 heavy (non-hydrogen) atoms. The van der Waals surface area contributed by atoms with Crippen molar-refractivity contribution in [2.75, 3.05) is 11.1 Å². The van der Waals surface area contributed by atoms with Gasteiger partial charge in [0, 0.05) is 16.8 Å². The van der Waals surface area contributed by atoms with E-state index in [1.807, 2.05) is 23.6 Å². The Balaban J connectivity index is 1.56. The van der Waals surface area contributed by atoms with E-state index in [4.69, 9.17) is 11.6 Å². The van der Waals surface area contributed by atoms with Crippen molar-refractivity contribution < 1.29 is 4.79 Å². The van der Waals surface area contributed by atoms with Gasteiger partial charge in [0.2, 0.25) is 5.91 Å². The molecule has 110 valence electrons. The summed E-state index contributed by atoms with van der Waals surface area (Å²) in [6.07, 6.45) is 4.07. The minimum absolute atomic E-state index is 0.0785. The summed E-state index contributed by atoms with van der Waals surface area (Å²) >= 11 is 7.44. The van der Waals surface area contributed by atoms with Gasteiger partial charge in [-0.25, -0.2) is 0 Å². The number of halogens is 1. The smallest absolute Gasteiger partial charge is 0.234 e. The Morgan fingerprint density at radius 2 is 2.33 bits per heavy atom. The van der Waals surface area contributed by atoms with E-state index < -0.39 is 0 Å². The Bertz CT molecular complexity index is 669. The predicted molar refractivity (Wildman–Crippen MR) is 83.8 cm³/mol. The van der Waals surface area contributed by atoms with Crippen molar-refractivity contribution >= 4 is 35.0 Å². The molecular formula is C14H15ClN4OS. The summed E-state index contributed by atoms with van der Waals surface area (Å²) in [4.78, 5) is 12.0. The first-order chi connectivity index (χ1) is 10.1. The van der Waals surface area contributed by atoms with Crippen molar-refractivity contribution in [3.63, 3.8) is 0 Å². The Kier molecular flexibility index (Phi) is 4.17. The zero-order valence-electron chi connectivity index (χ0n) is 11.5. The van der Waals surface area contributed by atoms with Gasteiger partial charge in [-0.2, -0.15) is 0 Å². The highest BCUT2D eigenvalue weighted by molar-refractivity contribution is 7.99. The van der Waals surface area contributed by atoms with Gasteiger partial charge in [0.25, 0.3) is 0 Å². The first-order valence-electron chi connectivity index (χ1n) is 6.72. The van der Waals surface area contributed by atoms with E-state index in [1.54, 1.807) is 12.4 Å². The van der Waals surface area contributed by atoms with Crippen LogP contribution in [-0.4, -0.2) is 26.4 Å². The van der Waals surface area contributed by atoms with Crippen LogP contribution < -0.4 is 5.32 Å². The van der Waals surface area contributed by atoms with Crippen LogP contribution in [-0.2, 0) is 4.79 Å². The van der Waals surface area contributed by atoms with E-state index in [9.17, 15) is 4.79 Å². The molecule has 0 saturated heterocycles. The van der Waals surface area contributed by atoms with Gasteiger partial charge < -0.3 is 9.88 Å². The summed E-state index contributed by atoms with van der Waals surface area (Å²) in [6.45, 7) is 1.93. The Labute approximate surface area is 132 Å². The van der Waals surface area contributed by atoms with Crippen LogP contribution in [0.3, 0.4) is 0 Å². The molecule has 0 atom stereocenters. The lowest BCUT2D eigenvalue weighted by molar-refractivity contribution is -0.113. The molecule has 1 heterocycles. The van der Waals surface area contributed by atoms with Gasteiger partial charge in [0.05, 0.1) is 5.75 Å². The molecule has 3 rings (SSSR count). The molecule has 0 spiro atoms. The van der Waals surface area contributed by atoms with E-state index in [0.717, 1.165) is 10.7 Å². The van der Waals surface area contributed by atoms with Gasteiger partial charge in [-0.3, -0.25) is 4.79 Å². The normalized spacial score (nSPS) is 14.2. The summed E-state index contributed by atoms with van der Waals surface area (Å²) in [5.74, 6) is 0.224. The van der Waals surface area contributed by atoms with Gasteiger partial charge in [-0.1, -0.05) is 29.4 Å². The Morgan fingerprint density at radius 3 is 3.05 bits per heavy atom. The number of aryl methyl sites for hydroxylation is 1. The summed E-state index contributed by atoms with van der Waals surface area (Å²) in [5, 5.41) is 12.2. The fourth-order valence-corrected chi connectivity index (χ4v) is 2.90. The van der Waals surface area contributed by atoms with Crippen molar-refractivity contribution in [3.05, 3.63) is 35.1 Å². The van der Waals surface area contributed by atoms with Gasteiger partial charge in [0.15, 0.2) is 5.16 Å². The number of hydrogen-bond donors (Lipinski definition) is 1. The van der Waals surface area contributed by atoms with E-state index in [0.29, 0.717) is 22.5 Å². The second kappa shape index (κ2) is 6.07. The fraction of sp³-hybridized carbons (Fsp3) is 0.357. The highest BCUT2D eigenvalue weighted by Gasteiger charge is 2.26. The highest BCUT2D eigenvalue weighted by Crippen LogP contribution is 2.37. The molecule has 0 aliphatic heterocycles. The third-order valence-corrected chi connectivity index (χ3v) is 4.63. The first kappa shape index (κ1) is 14.4. The predicted octanol–water partition coefficient (Wildman–Crippen LogP) is 3.31. The topological polar surface area (TPSA) is 59.8 Å². The highest BCUT2D eigenvalue weighted by atomic mass is 35.5. The third-order valence-electron chi connectivity index (χ3n) is 3.27. The second-order valence-corrected chi connectivity index (χ2v) is 6.40. The molecule has 0 unspecified atom stereocenters. The maximum absolute atomic E-state index is 12.0. The quantitative estimate of drug-likeness (QED) is 0.858. The largest absolute Gasteiger partial charge is 0.325 e. The van der Waals surface area contributed by atoms with Gasteiger partial charge in [-0.05, 0) is 37.5 Å². The van der Waals surface area contributed by atoms with E-state index in [1.165, 1.54) is 24.6 Å². The summed E-state index contributed by atoms with van der Waals surface area (Å²) in [7, 11) is 0. The maximum atomic E-state index is 12.0. The number of benzene rings is 1. The molecule has 1 aromatic carbocycles. The van der Waals surface area contributed by atoms with E-state index >= 15 is 0 Å². The number of nitrogens with zero attached hydrogens (tertiary/aromatic N) is 3. The Morgan fingerprint density at radius 1 is 1.52 bits per heavy atom. The lowest BCUT2D eigenvalue weighted by Crippen LogP contribution is -2.14. The molecule has 7 heteroatoms. The second-order valence-electron chi connectivity index (χ2n) is 5.05. The number of carbonyl (C=O) groups excluding carboxylic acids is 1. The van der Waals surface area contributed by atoms with Crippen LogP contribution in [0.1, 0.15) is 24.4 Å². The van der Waals surface area contributed by atoms with E-state index in [-0.39, 0.29) is 5.91 Å². The average Bonchev–Trinajstić information content (AvgIpc) is 3.19. The minimum Gasteiger partial charge on any atom is -0.325 e. The lowest BCUT2D eigenvalue weighted by Gasteiger charge is -2.07. The van der Waals surface area contributed by atoms with Crippen LogP contribution in [0.5, 0.6) is 0 Å². The summed E-state index contributed by atoms with van der Waals surface area (Å²) in [6, 6.07) is 6.00.